The van der Waals surface area contributed by atoms with Crippen LogP contribution in [0.15, 0.2) is 0 Å². The summed E-state index contributed by atoms with van der Waals surface area (Å²) in [5, 5.41) is 7.57. The van der Waals surface area contributed by atoms with Crippen LogP contribution in [0.25, 0.3) is 0 Å². The van der Waals surface area contributed by atoms with E-state index >= 15 is 0 Å². The van der Waals surface area contributed by atoms with Crippen LogP contribution in [-0.4, -0.2) is 52.8 Å². The van der Waals surface area contributed by atoms with Crippen molar-refractivity contribution in [2.24, 2.45) is 0 Å². The van der Waals surface area contributed by atoms with Gasteiger partial charge in [0.25, 0.3) is 0 Å². The summed E-state index contributed by atoms with van der Waals surface area (Å²) < 4.78 is 187. The third-order valence-corrected chi connectivity index (χ3v) is 2.60. The number of carboxylic acid groups (broad SMARTS) is 1. The van der Waals surface area contributed by atoms with E-state index in [1.165, 1.54) is 0 Å². The van der Waals surface area contributed by atoms with Crippen molar-refractivity contribution in [3.8, 4) is 0 Å². The van der Waals surface area contributed by atoms with Crippen molar-refractivity contribution in [3.05, 3.63) is 0 Å². The smallest absolute Gasteiger partial charge is 0.477 e. The maximum Gasteiger partial charge on any atom is 1.00 e. The van der Waals surface area contributed by atoms with Crippen molar-refractivity contribution in [2.45, 2.75) is 41.7 Å². The van der Waals surface area contributed by atoms with Gasteiger partial charge in [-0.05, 0) is 0 Å². The van der Waals surface area contributed by atoms with Gasteiger partial charge in [0.1, 0.15) is 0 Å². The topological polar surface area (TPSA) is 37.3 Å². The summed E-state index contributed by atoms with van der Waals surface area (Å²) in [5.74, 6) is -52.8. The van der Waals surface area contributed by atoms with Gasteiger partial charge in [-0.1, -0.05) is 0 Å². The summed E-state index contributed by atoms with van der Waals surface area (Å²) in [6.07, 6.45) is -7.69. The van der Waals surface area contributed by atoms with Gasteiger partial charge in [0.05, 0.1) is 0 Å². The van der Waals surface area contributed by atoms with Crippen LogP contribution in [0.1, 0.15) is 0 Å². The SMILES string of the molecule is O=C(O)C(F)(F)C(F)(F)C(F)(F)C(F)(F)C(F)(F)C(F)(F)C(F)(F)F.[Na+]. The molecule has 26 heavy (non-hydrogen) atoms. The van der Waals surface area contributed by atoms with Gasteiger partial charge in [-0.25, -0.2) is 4.79 Å². The number of rotatable bonds is 6. The molecule has 0 saturated heterocycles. The van der Waals surface area contributed by atoms with Crippen LogP contribution in [-0.2, 0) is 4.79 Å². The van der Waals surface area contributed by atoms with Crippen LogP contribution >= 0.6 is 0 Å². The molecule has 2 nitrogen and oxygen atoms in total. The maximum atomic E-state index is 12.8. The molecule has 0 aromatic carbocycles. The Balaban J connectivity index is 0. The Bertz CT molecular complexity index is 536. The summed E-state index contributed by atoms with van der Waals surface area (Å²) >= 11 is 0. The van der Waals surface area contributed by atoms with Gasteiger partial charge in [0, 0.05) is 0 Å². The molecular weight excluding hydrogens is 436 g/mol. The fourth-order valence-corrected chi connectivity index (χ4v) is 1.10. The van der Waals surface area contributed by atoms with E-state index in [0.717, 1.165) is 0 Å². The number of hydrogen-bond donors (Lipinski definition) is 1. The molecule has 0 saturated carbocycles. The van der Waals surface area contributed by atoms with Crippen molar-refractivity contribution < 1.29 is 105 Å². The molecule has 0 aliphatic rings. The number of carbonyl (C=O) groups is 1. The van der Waals surface area contributed by atoms with Crippen LogP contribution in [0.4, 0.5) is 65.9 Å². The van der Waals surface area contributed by atoms with E-state index in [1.807, 2.05) is 0 Å². The first-order chi connectivity index (χ1) is 10.4. The molecule has 0 aromatic rings. The van der Waals surface area contributed by atoms with Gasteiger partial charge >= 0.3 is 77.2 Å². The van der Waals surface area contributed by atoms with Crippen molar-refractivity contribution in [1.82, 2.24) is 0 Å². The van der Waals surface area contributed by atoms with Gasteiger partial charge in [0.2, 0.25) is 0 Å². The minimum absolute atomic E-state index is 0. The fourth-order valence-electron chi connectivity index (χ4n) is 1.10. The van der Waals surface area contributed by atoms with Crippen LogP contribution < -0.4 is 29.6 Å². The number of halogens is 15. The average Bonchev–Trinajstić information content (AvgIpc) is 2.35. The molecule has 0 spiro atoms. The molecular formula is C8HF15NaO2+. The second-order valence-electron chi connectivity index (χ2n) is 4.25. The normalized spacial score (nSPS) is 15.5. The second-order valence-corrected chi connectivity index (χ2v) is 4.25. The third-order valence-electron chi connectivity index (χ3n) is 2.60. The Morgan fingerprint density at radius 3 is 0.962 bits per heavy atom. The second kappa shape index (κ2) is 6.79. The first kappa shape index (κ1) is 27.6. The van der Waals surface area contributed by atoms with E-state index in [1.54, 1.807) is 0 Å². The molecule has 0 aromatic heterocycles. The Kier molecular flexibility index (Phi) is 7.22. The third kappa shape index (κ3) is 3.33. The van der Waals surface area contributed by atoms with Gasteiger partial charge < -0.3 is 5.11 Å². The van der Waals surface area contributed by atoms with Crippen molar-refractivity contribution in [2.75, 3.05) is 0 Å². The van der Waals surface area contributed by atoms with Crippen LogP contribution in [0.3, 0.4) is 0 Å². The molecule has 0 atom stereocenters. The summed E-state index contributed by atoms with van der Waals surface area (Å²) in [6.45, 7) is 0. The molecule has 18 heteroatoms. The largest absolute Gasteiger partial charge is 1.00 e. The standard InChI is InChI=1S/C8HF15O2.Na/c9-2(10,1(24)25)3(11,12)4(13,14)5(15,16)6(17,18)7(19,20)8(21,22)23;/h(H,24,25);/q;+1. The van der Waals surface area contributed by atoms with Gasteiger partial charge in [-0.15, -0.1) is 0 Å². The van der Waals surface area contributed by atoms with E-state index in [2.05, 4.69) is 0 Å². The molecule has 0 aliphatic heterocycles. The van der Waals surface area contributed by atoms with Crippen molar-refractivity contribution in [1.29, 1.82) is 0 Å². The molecule has 0 heterocycles. The van der Waals surface area contributed by atoms with Crippen molar-refractivity contribution >= 4 is 5.97 Å². The Labute approximate surface area is 153 Å². The fraction of sp³-hybridized carbons (Fsp3) is 0.875. The molecule has 0 fully saturated rings. The minimum atomic E-state index is -8.47. The first-order valence-corrected chi connectivity index (χ1v) is 5.01. The van der Waals surface area contributed by atoms with E-state index in [0.29, 0.717) is 0 Å². The summed E-state index contributed by atoms with van der Waals surface area (Å²) in [5.41, 5.74) is 0. The minimum Gasteiger partial charge on any atom is -0.477 e. The Morgan fingerprint density at radius 2 is 0.731 bits per heavy atom. The van der Waals surface area contributed by atoms with Crippen LogP contribution in [0.2, 0.25) is 0 Å². The molecule has 0 amide bonds. The van der Waals surface area contributed by atoms with E-state index < -0.39 is 47.7 Å². The zero-order chi connectivity index (χ0) is 21.1. The number of aliphatic carboxylic acids is 1. The first-order valence-electron chi connectivity index (χ1n) is 5.01. The predicted octanol–water partition coefficient (Wildman–Crippen LogP) is 1.45. The quantitative estimate of drug-likeness (QED) is 0.505. The van der Waals surface area contributed by atoms with Crippen LogP contribution in [0.5, 0.6) is 0 Å². The number of alkyl halides is 15. The average molecular weight is 437 g/mol. The monoisotopic (exact) mass is 437 g/mol. The number of hydrogen-bond acceptors (Lipinski definition) is 1. The molecule has 150 valence electrons. The predicted molar refractivity (Wildman–Crippen MR) is 43.4 cm³/mol. The molecule has 0 bridgehead atoms. The Hall–Kier alpha value is -0.580. The molecule has 0 unspecified atom stereocenters. The van der Waals surface area contributed by atoms with Crippen LogP contribution in [0, 0.1) is 0 Å². The molecule has 0 rings (SSSR count). The summed E-state index contributed by atoms with van der Waals surface area (Å²) in [7, 11) is 0. The van der Waals surface area contributed by atoms with Gasteiger partial charge in [-0.2, -0.15) is 65.9 Å². The van der Waals surface area contributed by atoms with E-state index in [4.69, 9.17) is 5.11 Å². The van der Waals surface area contributed by atoms with Crippen molar-refractivity contribution in [3.63, 3.8) is 0 Å². The van der Waals surface area contributed by atoms with E-state index in [9.17, 15) is 70.7 Å². The number of carboxylic acids is 1. The van der Waals surface area contributed by atoms with Gasteiger partial charge in [-0.3, -0.25) is 0 Å². The Morgan fingerprint density at radius 1 is 0.500 bits per heavy atom. The zero-order valence-corrected chi connectivity index (χ0v) is 13.5. The van der Waals surface area contributed by atoms with E-state index in [-0.39, 0.29) is 29.6 Å². The zero-order valence-electron chi connectivity index (χ0n) is 11.5. The molecule has 0 aliphatic carbocycles. The summed E-state index contributed by atoms with van der Waals surface area (Å²) in [4.78, 5) is 9.72. The summed E-state index contributed by atoms with van der Waals surface area (Å²) in [6, 6.07) is 0. The van der Waals surface area contributed by atoms with Gasteiger partial charge in [0.15, 0.2) is 0 Å². The maximum absolute atomic E-state index is 12.8. The molecule has 1 N–H and O–H groups in total. The molecule has 0 radical (unpaired) electrons.